The van der Waals surface area contributed by atoms with Gasteiger partial charge in [0, 0.05) is 24.5 Å². The van der Waals surface area contributed by atoms with Gasteiger partial charge in [0.25, 0.3) is 0 Å². The summed E-state index contributed by atoms with van der Waals surface area (Å²) in [6.07, 6.45) is 7.56. The Balaban J connectivity index is 1.57. The second-order valence-corrected chi connectivity index (χ2v) is 5.29. The standard InChI is InChI=1S/C13H19N3/c14-12-3-4-15-13(7-12)16-8-11-6-9-1-2-10(11)5-9/h3-4,7,9-11H,1-2,5-6,8H2,(H3,14,15,16). The van der Waals surface area contributed by atoms with Crippen molar-refractivity contribution in [2.45, 2.75) is 25.7 Å². The highest BCUT2D eigenvalue weighted by Gasteiger charge is 2.38. The Labute approximate surface area is 96.4 Å². The molecule has 0 amide bonds. The van der Waals surface area contributed by atoms with Crippen LogP contribution in [-0.2, 0) is 0 Å². The summed E-state index contributed by atoms with van der Waals surface area (Å²) in [5.74, 6) is 3.77. The molecule has 2 fully saturated rings. The molecule has 3 atom stereocenters. The molecule has 0 aliphatic heterocycles. The van der Waals surface area contributed by atoms with Gasteiger partial charge in [-0.1, -0.05) is 6.42 Å². The van der Waals surface area contributed by atoms with Crippen molar-refractivity contribution in [1.29, 1.82) is 0 Å². The lowest BCUT2D eigenvalue weighted by Crippen LogP contribution is -2.20. The number of nitrogen functional groups attached to an aromatic ring is 1. The summed E-state index contributed by atoms with van der Waals surface area (Å²) < 4.78 is 0. The van der Waals surface area contributed by atoms with E-state index >= 15 is 0 Å². The molecule has 2 saturated carbocycles. The summed E-state index contributed by atoms with van der Waals surface area (Å²) in [4.78, 5) is 4.27. The molecule has 3 nitrogen and oxygen atoms in total. The average molecular weight is 217 g/mol. The van der Waals surface area contributed by atoms with Gasteiger partial charge in [-0.2, -0.15) is 0 Å². The van der Waals surface area contributed by atoms with E-state index < -0.39 is 0 Å². The SMILES string of the molecule is Nc1ccnc(NCC2CC3CCC2C3)c1. The maximum absolute atomic E-state index is 5.72. The first kappa shape index (κ1) is 9.94. The van der Waals surface area contributed by atoms with Gasteiger partial charge >= 0.3 is 0 Å². The van der Waals surface area contributed by atoms with Crippen LogP contribution in [0.1, 0.15) is 25.7 Å². The summed E-state index contributed by atoms with van der Waals surface area (Å²) in [7, 11) is 0. The Morgan fingerprint density at radius 1 is 1.38 bits per heavy atom. The van der Waals surface area contributed by atoms with E-state index in [0.717, 1.165) is 35.8 Å². The van der Waals surface area contributed by atoms with Gasteiger partial charge < -0.3 is 11.1 Å². The van der Waals surface area contributed by atoms with Crippen LogP contribution in [0.4, 0.5) is 11.5 Å². The van der Waals surface area contributed by atoms with Crippen LogP contribution in [0.25, 0.3) is 0 Å². The van der Waals surface area contributed by atoms with Gasteiger partial charge in [0.1, 0.15) is 5.82 Å². The van der Waals surface area contributed by atoms with Crippen LogP contribution >= 0.6 is 0 Å². The highest BCUT2D eigenvalue weighted by Crippen LogP contribution is 2.48. The van der Waals surface area contributed by atoms with Crippen molar-refractivity contribution in [3.8, 4) is 0 Å². The van der Waals surface area contributed by atoms with Crippen LogP contribution in [0, 0.1) is 17.8 Å². The molecule has 3 rings (SSSR count). The summed E-state index contributed by atoms with van der Waals surface area (Å²) >= 11 is 0. The third-order valence-corrected chi connectivity index (χ3v) is 4.21. The van der Waals surface area contributed by atoms with E-state index in [-0.39, 0.29) is 0 Å². The zero-order valence-electron chi connectivity index (χ0n) is 9.52. The molecule has 3 unspecified atom stereocenters. The molecular weight excluding hydrogens is 198 g/mol. The lowest BCUT2D eigenvalue weighted by Gasteiger charge is -2.22. The normalized spacial score (nSPS) is 31.9. The zero-order chi connectivity index (χ0) is 11.0. The van der Waals surface area contributed by atoms with Crippen LogP contribution in [0.15, 0.2) is 18.3 Å². The smallest absolute Gasteiger partial charge is 0.127 e. The Bertz CT molecular complexity index is 377. The third kappa shape index (κ3) is 1.86. The van der Waals surface area contributed by atoms with E-state index in [9.17, 15) is 0 Å². The minimum absolute atomic E-state index is 0.783. The van der Waals surface area contributed by atoms with Crippen LogP contribution in [-0.4, -0.2) is 11.5 Å². The van der Waals surface area contributed by atoms with Gasteiger partial charge in [-0.05, 0) is 43.1 Å². The molecule has 86 valence electrons. The fourth-order valence-electron chi connectivity index (χ4n) is 3.41. The largest absolute Gasteiger partial charge is 0.399 e. The molecule has 1 aromatic heterocycles. The van der Waals surface area contributed by atoms with Crippen LogP contribution in [0.5, 0.6) is 0 Å². The molecule has 2 bridgehead atoms. The quantitative estimate of drug-likeness (QED) is 0.818. The van der Waals surface area contributed by atoms with Crippen molar-refractivity contribution in [2.75, 3.05) is 17.6 Å². The number of hydrogen-bond donors (Lipinski definition) is 2. The molecule has 2 aliphatic rings. The Hall–Kier alpha value is -1.25. The van der Waals surface area contributed by atoms with Gasteiger partial charge in [-0.15, -0.1) is 0 Å². The average Bonchev–Trinajstić information content (AvgIpc) is 2.88. The fraction of sp³-hybridized carbons (Fsp3) is 0.615. The molecule has 1 aromatic rings. The van der Waals surface area contributed by atoms with Crippen molar-refractivity contribution in [2.24, 2.45) is 17.8 Å². The second kappa shape index (κ2) is 3.96. The third-order valence-electron chi connectivity index (χ3n) is 4.21. The van der Waals surface area contributed by atoms with E-state index in [1.165, 1.54) is 25.7 Å². The molecule has 3 N–H and O–H groups in total. The second-order valence-electron chi connectivity index (χ2n) is 5.29. The number of nitrogens with zero attached hydrogens (tertiary/aromatic N) is 1. The molecular formula is C13H19N3. The molecule has 0 radical (unpaired) electrons. The number of anilines is 2. The molecule has 3 heteroatoms. The van der Waals surface area contributed by atoms with Gasteiger partial charge in [-0.3, -0.25) is 0 Å². The molecule has 16 heavy (non-hydrogen) atoms. The van der Waals surface area contributed by atoms with Gasteiger partial charge in [-0.25, -0.2) is 4.98 Å². The minimum Gasteiger partial charge on any atom is -0.399 e. The fourth-order valence-corrected chi connectivity index (χ4v) is 3.41. The first-order chi connectivity index (χ1) is 7.81. The molecule has 2 aliphatic carbocycles. The summed E-state index contributed by atoms with van der Waals surface area (Å²) in [5.41, 5.74) is 6.51. The molecule has 1 heterocycles. The first-order valence-electron chi connectivity index (χ1n) is 6.26. The van der Waals surface area contributed by atoms with E-state index in [1.807, 2.05) is 12.1 Å². The maximum Gasteiger partial charge on any atom is 0.127 e. The Morgan fingerprint density at radius 3 is 3.00 bits per heavy atom. The van der Waals surface area contributed by atoms with Gasteiger partial charge in [0.2, 0.25) is 0 Å². The summed E-state index contributed by atoms with van der Waals surface area (Å²) in [6, 6.07) is 3.73. The number of fused-ring (bicyclic) bond motifs is 2. The molecule has 0 saturated heterocycles. The van der Waals surface area contributed by atoms with Crippen molar-refractivity contribution < 1.29 is 0 Å². The first-order valence-corrected chi connectivity index (χ1v) is 6.26. The van der Waals surface area contributed by atoms with E-state index in [0.29, 0.717) is 0 Å². The van der Waals surface area contributed by atoms with Crippen LogP contribution < -0.4 is 11.1 Å². The van der Waals surface area contributed by atoms with Crippen molar-refractivity contribution in [1.82, 2.24) is 4.98 Å². The summed E-state index contributed by atoms with van der Waals surface area (Å²) in [5, 5.41) is 3.42. The van der Waals surface area contributed by atoms with Crippen molar-refractivity contribution in [3.63, 3.8) is 0 Å². The predicted octanol–water partition coefficient (Wildman–Crippen LogP) is 2.51. The van der Waals surface area contributed by atoms with E-state index in [4.69, 9.17) is 5.73 Å². The number of nitrogens with one attached hydrogen (secondary N) is 1. The van der Waals surface area contributed by atoms with Gasteiger partial charge in [0.05, 0.1) is 0 Å². The zero-order valence-corrected chi connectivity index (χ0v) is 9.52. The monoisotopic (exact) mass is 217 g/mol. The van der Waals surface area contributed by atoms with Crippen molar-refractivity contribution >= 4 is 11.5 Å². The number of rotatable bonds is 3. The Morgan fingerprint density at radius 2 is 2.31 bits per heavy atom. The highest BCUT2D eigenvalue weighted by atomic mass is 15.0. The number of nitrogens with two attached hydrogens (primary N) is 1. The number of aromatic nitrogens is 1. The maximum atomic E-state index is 5.72. The number of pyridine rings is 1. The topological polar surface area (TPSA) is 50.9 Å². The van der Waals surface area contributed by atoms with Crippen LogP contribution in [0.3, 0.4) is 0 Å². The summed E-state index contributed by atoms with van der Waals surface area (Å²) in [6.45, 7) is 1.07. The van der Waals surface area contributed by atoms with Crippen LogP contribution in [0.2, 0.25) is 0 Å². The molecule has 0 aromatic carbocycles. The number of hydrogen-bond acceptors (Lipinski definition) is 3. The van der Waals surface area contributed by atoms with E-state index in [2.05, 4.69) is 10.3 Å². The lowest BCUT2D eigenvalue weighted by atomic mass is 9.89. The van der Waals surface area contributed by atoms with Crippen molar-refractivity contribution in [3.05, 3.63) is 18.3 Å². The van der Waals surface area contributed by atoms with Gasteiger partial charge in [0.15, 0.2) is 0 Å². The van der Waals surface area contributed by atoms with E-state index in [1.54, 1.807) is 6.20 Å². The molecule has 0 spiro atoms. The lowest BCUT2D eigenvalue weighted by molar-refractivity contribution is 0.348. The highest BCUT2D eigenvalue weighted by molar-refractivity contribution is 5.48. The minimum atomic E-state index is 0.783. The predicted molar refractivity (Wildman–Crippen MR) is 66.1 cm³/mol. The Kier molecular flexibility index (Phi) is 2.46.